The second-order valence-electron chi connectivity index (χ2n) is 10.1. The Morgan fingerprint density at radius 3 is 2.26 bits per heavy atom. The fraction of sp³-hybridized carbons (Fsp3) is 0.481. The second kappa shape index (κ2) is 10.0. The molecular weight excluding hydrogens is 448 g/mol. The standard InChI is InChI=1S/C27H38N2O4S/c1-18(2)23-17-29-16-19(3)25(32-8)20(4)24(29)26(23)34(30,31)22-12-10-21(11-13-22)33-15-9-14-28-27(5,6)7/h10-13,16-18,28H,9,14-15H2,1-8H3. The average Bonchev–Trinajstić information content (AvgIpc) is 3.14. The molecular formula is C27H38N2O4S. The number of benzene rings is 1. The normalized spacial score (nSPS) is 12.5. The number of fused-ring (bicyclic) bond motifs is 1. The topological polar surface area (TPSA) is 69.0 Å². The molecule has 0 radical (unpaired) electrons. The Bertz CT molecular complexity index is 1250. The van der Waals surface area contributed by atoms with Crippen molar-refractivity contribution in [2.45, 2.75) is 76.1 Å². The number of methoxy groups -OCH3 is 1. The Kier molecular flexibility index (Phi) is 7.68. The van der Waals surface area contributed by atoms with E-state index in [4.69, 9.17) is 9.47 Å². The van der Waals surface area contributed by atoms with Crippen molar-refractivity contribution in [1.29, 1.82) is 0 Å². The third-order valence-electron chi connectivity index (χ3n) is 5.87. The monoisotopic (exact) mass is 486 g/mol. The Morgan fingerprint density at radius 2 is 1.71 bits per heavy atom. The molecule has 0 fully saturated rings. The molecule has 7 heteroatoms. The van der Waals surface area contributed by atoms with Gasteiger partial charge in [0.05, 0.1) is 24.1 Å². The first-order valence-electron chi connectivity index (χ1n) is 11.8. The maximum absolute atomic E-state index is 13.9. The minimum Gasteiger partial charge on any atom is -0.496 e. The van der Waals surface area contributed by atoms with Gasteiger partial charge < -0.3 is 19.2 Å². The number of rotatable bonds is 9. The molecule has 3 aromatic rings. The Labute approximate surface area is 204 Å². The molecule has 1 aromatic carbocycles. The molecule has 6 nitrogen and oxygen atoms in total. The lowest BCUT2D eigenvalue weighted by Gasteiger charge is -2.20. The van der Waals surface area contributed by atoms with Gasteiger partial charge in [0, 0.05) is 29.1 Å². The third-order valence-corrected chi connectivity index (χ3v) is 7.73. The summed E-state index contributed by atoms with van der Waals surface area (Å²) in [4.78, 5) is 0.600. The van der Waals surface area contributed by atoms with Gasteiger partial charge in [0.1, 0.15) is 16.4 Å². The van der Waals surface area contributed by atoms with Crippen LogP contribution in [0.3, 0.4) is 0 Å². The maximum atomic E-state index is 13.9. The molecule has 0 saturated heterocycles. The minimum atomic E-state index is -3.76. The van der Waals surface area contributed by atoms with Gasteiger partial charge in [-0.1, -0.05) is 13.8 Å². The number of nitrogens with zero attached hydrogens (tertiary/aromatic N) is 1. The summed E-state index contributed by atoms with van der Waals surface area (Å²) in [6.45, 7) is 15.7. The van der Waals surface area contributed by atoms with Crippen LogP contribution in [0.5, 0.6) is 11.5 Å². The quantitative estimate of drug-likeness (QED) is 0.394. The van der Waals surface area contributed by atoms with Crippen molar-refractivity contribution in [2.24, 2.45) is 0 Å². The molecule has 0 aliphatic carbocycles. The Morgan fingerprint density at radius 1 is 1.06 bits per heavy atom. The van der Waals surface area contributed by atoms with Crippen molar-refractivity contribution >= 4 is 15.4 Å². The molecule has 0 aliphatic rings. The summed E-state index contributed by atoms with van der Waals surface area (Å²) in [5.74, 6) is 1.41. The maximum Gasteiger partial charge on any atom is 0.209 e. The van der Waals surface area contributed by atoms with Crippen LogP contribution in [0.1, 0.15) is 63.6 Å². The predicted molar refractivity (Wildman–Crippen MR) is 137 cm³/mol. The molecule has 0 atom stereocenters. The molecule has 1 N–H and O–H groups in total. The molecule has 0 spiro atoms. The smallest absolute Gasteiger partial charge is 0.209 e. The summed E-state index contributed by atoms with van der Waals surface area (Å²) in [7, 11) is -2.15. The van der Waals surface area contributed by atoms with E-state index in [0.29, 0.717) is 28.5 Å². The first-order valence-corrected chi connectivity index (χ1v) is 13.3. The first kappa shape index (κ1) is 26.1. The molecule has 2 aromatic heterocycles. The third kappa shape index (κ3) is 5.41. The van der Waals surface area contributed by atoms with Gasteiger partial charge in [-0.15, -0.1) is 0 Å². The van der Waals surface area contributed by atoms with E-state index in [1.165, 1.54) is 0 Å². The van der Waals surface area contributed by atoms with Crippen LogP contribution < -0.4 is 14.8 Å². The highest BCUT2D eigenvalue weighted by Gasteiger charge is 2.29. The summed E-state index contributed by atoms with van der Waals surface area (Å²) >= 11 is 0. The molecule has 186 valence electrons. The van der Waals surface area contributed by atoms with Gasteiger partial charge >= 0.3 is 0 Å². The van der Waals surface area contributed by atoms with Crippen molar-refractivity contribution in [3.05, 3.63) is 53.3 Å². The van der Waals surface area contributed by atoms with Gasteiger partial charge in [0.2, 0.25) is 9.84 Å². The van der Waals surface area contributed by atoms with Crippen molar-refractivity contribution < 1.29 is 17.9 Å². The predicted octanol–water partition coefficient (Wildman–Crippen LogP) is 5.68. The van der Waals surface area contributed by atoms with E-state index < -0.39 is 9.84 Å². The van der Waals surface area contributed by atoms with Crippen LogP contribution in [0.15, 0.2) is 46.5 Å². The largest absolute Gasteiger partial charge is 0.496 e. The molecule has 0 unspecified atom stereocenters. The lowest BCUT2D eigenvalue weighted by molar-refractivity contribution is 0.298. The molecule has 3 rings (SSSR count). The summed E-state index contributed by atoms with van der Waals surface area (Å²) in [6, 6.07) is 6.73. The van der Waals surface area contributed by atoms with Crippen LogP contribution in [0.4, 0.5) is 0 Å². The van der Waals surface area contributed by atoms with Crippen LogP contribution in [0, 0.1) is 13.8 Å². The van der Waals surface area contributed by atoms with E-state index in [9.17, 15) is 8.42 Å². The molecule has 0 aliphatic heterocycles. The van der Waals surface area contributed by atoms with Gasteiger partial charge in [0.25, 0.3) is 0 Å². The highest BCUT2D eigenvalue weighted by molar-refractivity contribution is 7.91. The summed E-state index contributed by atoms with van der Waals surface area (Å²) in [5, 5.41) is 3.43. The van der Waals surface area contributed by atoms with Crippen molar-refractivity contribution in [3.8, 4) is 11.5 Å². The van der Waals surface area contributed by atoms with Crippen LogP contribution in [-0.2, 0) is 9.84 Å². The van der Waals surface area contributed by atoms with Crippen LogP contribution in [0.2, 0.25) is 0 Å². The lowest BCUT2D eigenvalue weighted by Crippen LogP contribution is -2.36. The summed E-state index contributed by atoms with van der Waals surface area (Å²) in [6.07, 6.45) is 4.72. The van der Waals surface area contributed by atoms with Crippen LogP contribution >= 0.6 is 0 Å². The SMILES string of the molecule is COc1c(C)cn2cc(C(C)C)c(S(=O)(=O)c3ccc(OCCCNC(C)(C)C)cc3)c2c1C. The number of sulfone groups is 1. The molecule has 2 heterocycles. The van der Waals surface area contributed by atoms with Gasteiger partial charge in [0.15, 0.2) is 0 Å². The van der Waals surface area contributed by atoms with E-state index in [1.54, 1.807) is 31.4 Å². The highest BCUT2D eigenvalue weighted by atomic mass is 32.2. The first-order chi connectivity index (χ1) is 15.9. The number of hydrogen-bond acceptors (Lipinski definition) is 5. The van der Waals surface area contributed by atoms with Crippen LogP contribution in [-0.4, -0.2) is 38.6 Å². The zero-order chi connectivity index (χ0) is 25.3. The molecule has 0 saturated carbocycles. The number of ether oxygens (including phenoxy) is 2. The number of hydrogen-bond donors (Lipinski definition) is 1. The Balaban J connectivity index is 1.93. The molecule has 34 heavy (non-hydrogen) atoms. The fourth-order valence-electron chi connectivity index (χ4n) is 4.23. The van der Waals surface area contributed by atoms with Gasteiger partial charge in [-0.3, -0.25) is 0 Å². The van der Waals surface area contributed by atoms with Gasteiger partial charge in [-0.25, -0.2) is 8.42 Å². The van der Waals surface area contributed by atoms with Crippen molar-refractivity contribution in [1.82, 2.24) is 9.72 Å². The number of aromatic nitrogens is 1. The molecule has 0 bridgehead atoms. The highest BCUT2D eigenvalue weighted by Crippen LogP contribution is 2.39. The minimum absolute atomic E-state index is 0.0414. The number of nitrogens with one attached hydrogen (secondary N) is 1. The average molecular weight is 487 g/mol. The van der Waals surface area contributed by atoms with Crippen molar-refractivity contribution in [3.63, 3.8) is 0 Å². The Hall–Kier alpha value is -2.51. The second-order valence-corrected chi connectivity index (χ2v) is 12.0. The lowest BCUT2D eigenvalue weighted by atomic mass is 10.1. The van der Waals surface area contributed by atoms with Crippen LogP contribution in [0.25, 0.3) is 5.52 Å². The molecule has 0 amide bonds. The van der Waals surface area contributed by atoms with E-state index in [-0.39, 0.29) is 16.4 Å². The number of aryl methyl sites for hydroxylation is 2. The van der Waals surface area contributed by atoms with Gasteiger partial charge in [-0.05, 0) is 83.3 Å². The van der Waals surface area contributed by atoms with E-state index in [0.717, 1.165) is 29.7 Å². The summed E-state index contributed by atoms with van der Waals surface area (Å²) in [5.41, 5.74) is 3.31. The van der Waals surface area contributed by atoms with E-state index in [1.807, 2.05) is 44.5 Å². The van der Waals surface area contributed by atoms with Crippen molar-refractivity contribution in [2.75, 3.05) is 20.3 Å². The number of pyridine rings is 1. The van der Waals surface area contributed by atoms with E-state index in [2.05, 4.69) is 26.1 Å². The zero-order valence-electron chi connectivity index (χ0n) is 21.7. The summed E-state index contributed by atoms with van der Waals surface area (Å²) < 4.78 is 41.1. The fourth-order valence-corrected chi connectivity index (χ4v) is 6.07. The van der Waals surface area contributed by atoms with E-state index >= 15 is 0 Å². The zero-order valence-corrected chi connectivity index (χ0v) is 22.5. The van der Waals surface area contributed by atoms with Gasteiger partial charge in [-0.2, -0.15) is 0 Å².